The molecule has 0 saturated heterocycles. The smallest absolute Gasteiger partial charge is 0.323 e. The first-order valence-corrected chi connectivity index (χ1v) is 9.54. The molecule has 12 heteroatoms. The van der Waals surface area contributed by atoms with E-state index < -0.39 is 17.6 Å². The number of rotatable bonds is 3. The normalized spacial score (nSPS) is 14.1. The second-order valence-corrected chi connectivity index (χ2v) is 7.43. The number of carbonyl (C=O) groups is 2. The van der Waals surface area contributed by atoms with Crippen molar-refractivity contribution in [3.63, 3.8) is 0 Å². The fourth-order valence-corrected chi connectivity index (χ4v) is 3.88. The standard InChI is InChI=1S/C17H11ClF3N5O2S/c18-10-5-9(17(19,20)21)6-26-15(10)23-24-16(26)29-8-14(28)25-7-13(27)22-11-3-1-2-4-12(11)25/h1-6H,7-8H2,(H,22,27). The third-order valence-electron chi connectivity index (χ3n) is 4.15. The van der Waals surface area contributed by atoms with Crippen LogP contribution in [0.15, 0.2) is 41.7 Å². The van der Waals surface area contributed by atoms with Gasteiger partial charge in [-0.25, -0.2) is 0 Å². The largest absolute Gasteiger partial charge is 0.417 e. The van der Waals surface area contributed by atoms with Gasteiger partial charge in [-0.2, -0.15) is 13.2 Å². The van der Waals surface area contributed by atoms with Gasteiger partial charge in [-0.1, -0.05) is 35.5 Å². The van der Waals surface area contributed by atoms with Crippen molar-refractivity contribution in [2.75, 3.05) is 22.5 Å². The Morgan fingerprint density at radius 2 is 2.03 bits per heavy atom. The Kier molecular flexibility index (Phi) is 4.87. The summed E-state index contributed by atoms with van der Waals surface area (Å²) < 4.78 is 40.2. The van der Waals surface area contributed by atoms with E-state index in [0.29, 0.717) is 11.4 Å². The predicted molar refractivity (Wildman–Crippen MR) is 101 cm³/mol. The summed E-state index contributed by atoms with van der Waals surface area (Å²) in [4.78, 5) is 25.9. The van der Waals surface area contributed by atoms with Crippen LogP contribution in [0.25, 0.3) is 5.65 Å². The lowest BCUT2D eigenvalue weighted by Gasteiger charge is -2.28. The highest BCUT2D eigenvalue weighted by Crippen LogP contribution is 2.34. The van der Waals surface area contributed by atoms with Crippen LogP contribution < -0.4 is 10.2 Å². The number of benzene rings is 1. The van der Waals surface area contributed by atoms with Gasteiger partial charge >= 0.3 is 6.18 Å². The zero-order valence-corrected chi connectivity index (χ0v) is 16.0. The van der Waals surface area contributed by atoms with Gasteiger partial charge in [0.25, 0.3) is 0 Å². The van der Waals surface area contributed by atoms with Crippen LogP contribution in [-0.4, -0.2) is 38.7 Å². The molecular weight excluding hydrogens is 431 g/mol. The molecule has 4 rings (SSSR count). The van der Waals surface area contributed by atoms with Crippen molar-refractivity contribution in [1.82, 2.24) is 14.6 Å². The Morgan fingerprint density at radius 3 is 2.79 bits per heavy atom. The zero-order chi connectivity index (χ0) is 20.8. The van der Waals surface area contributed by atoms with Crippen molar-refractivity contribution in [3.05, 3.63) is 47.1 Å². The van der Waals surface area contributed by atoms with Crippen LogP contribution in [0.2, 0.25) is 5.02 Å². The van der Waals surface area contributed by atoms with Gasteiger partial charge in [-0.15, -0.1) is 10.2 Å². The summed E-state index contributed by atoms with van der Waals surface area (Å²) in [5.41, 5.74) is 0.157. The van der Waals surface area contributed by atoms with Gasteiger partial charge in [-0.05, 0) is 18.2 Å². The second-order valence-electron chi connectivity index (χ2n) is 6.08. The average Bonchev–Trinajstić information content (AvgIpc) is 3.08. The van der Waals surface area contributed by atoms with E-state index in [1.54, 1.807) is 24.3 Å². The fraction of sp³-hybridized carbons (Fsp3) is 0.176. The lowest BCUT2D eigenvalue weighted by molar-refractivity contribution is -0.137. The van der Waals surface area contributed by atoms with Crippen LogP contribution >= 0.6 is 23.4 Å². The molecule has 0 atom stereocenters. The van der Waals surface area contributed by atoms with Crippen molar-refractivity contribution in [1.29, 1.82) is 0 Å². The van der Waals surface area contributed by atoms with Crippen LogP contribution in [0.1, 0.15) is 5.56 Å². The highest BCUT2D eigenvalue weighted by Gasteiger charge is 2.32. The molecule has 0 unspecified atom stereocenters. The quantitative estimate of drug-likeness (QED) is 0.629. The molecule has 0 bridgehead atoms. The van der Waals surface area contributed by atoms with Crippen LogP contribution in [-0.2, 0) is 15.8 Å². The predicted octanol–water partition coefficient (Wildman–Crippen LogP) is 3.48. The Hall–Kier alpha value is -2.79. The van der Waals surface area contributed by atoms with E-state index in [1.165, 1.54) is 4.90 Å². The topological polar surface area (TPSA) is 79.6 Å². The van der Waals surface area contributed by atoms with Gasteiger partial charge in [0.15, 0.2) is 10.8 Å². The van der Waals surface area contributed by atoms with E-state index in [1.807, 2.05) is 0 Å². The lowest BCUT2D eigenvalue weighted by Crippen LogP contribution is -2.43. The maximum absolute atomic E-state index is 13.0. The van der Waals surface area contributed by atoms with Crippen molar-refractivity contribution in [2.24, 2.45) is 0 Å². The number of amides is 2. The molecule has 1 aliphatic heterocycles. The molecule has 0 fully saturated rings. The Bertz CT molecular complexity index is 1130. The molecule has 3 heterocycles. The van der Waals surface area contributed by atoms with Crippen LogP contribution in [0, 0.1) is 0 Å². The summed E-state index contributed by atoms with van der Waals surface area (Å²) in [7, 11) is 0. The Morgan fingerprint density at radius 1 is 1.28 bits per heavy atom. The number of nitrogens with zero attached hydrogens (tertiary/aromatic N) is 4. The number of hydrogen-bond donors (Lipinski definition) is 1. The van der Waals surface area contributed by atoms with Gasteiger partial charge < -0.3 is 10.2 Å². The van der Waals surface area contributed by atoms with Crippen LogP contribution in [0.4, 0.5) is 24.5 Å². The van der Waals surface area contributed by atoms with Gasteiger partial charge in [-0.3, -0.25) is 14.0 Å². The maximum Gasteiger partial charge on any atom is 0.417 e. The van der Waals surface area contributed by atoms with Gasteiger partial charge in [0, 0.05) is 6.20 Å². The minimum Gasteiger partial charge on any atom is -0.323 e. The first-order chi connectivity index (χ1) is 13.7. The molecule has 0 aliphatic carbocycles. The maximum atomic E-state index is 13.0. The minimum atomic E-state index is -4.59. The average molecular weight is 442 g/mol. The van der Waals surface area contributed by atoms with E-state index in [4.69, 9.17) is 11.6 Å². The van der Waals surface area contributed by atoms with E-state index in [-0.39, 0.29) is 34.0 Å². The molecular formula is C17H11ClF3N5O2S. The highest BCUT2D eigenvalue weighted by molar-refractivity contribution is 7.99. The number of halogens is 4. The molecule has 3 aromatic rings. The zero-order valence-electron chi connectivity index (χ0n) is 14.4. The minimum absolute atomic E-state index is 0.0531. The van der Waals surface area contributed by atoms with Crippen LogP contribution in [0.3, 0.4) is 0 Å². The number of aromatic nitrogens is 3. The number of carbonyl (C=O) groups excluding carboxylic acids is 2. The third-order valence-corrected chi connectivity index (χ3v) is 5.36. The van der Waals surface area contributed by atoms with E-state index in [0.717, 1.165) is 28.4 Å². The monoisotopic (exact) mass is 441 g/mol. The van der Waals surface area contributed by atoms with Crippen molar-refractivity contribution >= 4 is 52.2 Å². The fourth-order valence-electron chi connectivity index (χ4n) is 2.85. The molecule has 2 amide bonds. The number of nitrogens with one attached hydrogen (secondary N) is 1. The number of para-hydroxylation sites is 2. The molecule has 2 aromatic heterocycles. The molecule has 29 heavy (non-hydrogen) atoms. The molecule has 7 nitrogen and oxygen atoms in total. The molecule has 0 spiro atoms. The van der Waals surface area contributed by atoms with Crippen molar-refractivity contribution in [2.45, 2.75) is 11.3 Å². The number of pyridine rings is 1. The summed E-state index contributed by atoms with van der Waals surface area (Å²) in [6.07, 6.45) is -3.76. The van der Waals surface area contributed by atoms with Crippen molar-refractivity contribution in [3.8, 4) is 0 Å². The summed E-state index contributed by atoms with van der Waals surface area (Å²) in [5.74, 6) is -0.889. The Balaban J connectivity index is 1.58. The number of hydrogen-bond acceptors (Lipinski definition) is 5. The van der Waals surface area contributed by atoms with E-state index in [2.05, 4.69) is 15.5 Å². The third kappa shape index (κ3) is 3.75. The first kappa shape index (κ1) is 19.5. The summed E-state index contributed by atoms with van der Waals surface area (Å²) in [6.45, 7) is -0.152. The number of alkyl halides is 3. The summed E-state index contributed by atoms with van der Waals surface area (Å²) in [6, 6.07) is 7.60. The van der Waals surface area contributed by atoms with Gasteiger partial charge in [0.1, 0.15) is 6.54 Å². The van der Waals surface area contributed by atoms with Crippen LogP contribution in [0.5, 0.6) is 0 Å². The SMILES string of the molecule is O=C1CN(C(=O)CSc2nnc3c(Cl)cc(C(F)(F)F)cn23)c2ccccc2N1. The highest BCUT2D eigenvalue weighted by atomic mass is 35.5. The molecule has 150 valence electrons. The summed E-state index contributed by atoms with van der Waals surface area (Å²) >= 11 is 6.79. The first-order valence-electron chi connectivity index (χ1n) is 8.17. The summed E-state index contributed by atoms with van der Waals surface area (Å²) in [5, 5.41) is 10.2. The molecule has 0 radical (unpaired) electrons. The van der Waals surface area contributed by atoms with Gasteiger partial charge in [0.2, 0.25) is 11.8 Å². The number of fused-ring (bicyclic) bond motifs is 2. The van der Waals surface area contributed by atoms with Gasteiger partial charge in [0.05, 0.1) is 27.7 Å². The lowest BCUT2D eigenvalue weighted by atomic mass is 10.2. The molecule has 1 N–H and O–H groups in total. The molecule has 1 aliphatic rings. The Labute approximate surface area is 170 Å². The second kappa shape index (κ2) is 7.23. The van der Waals surface area contributed by atoms with Crippen molar-refractivity contribution < 1.29 is 22.8 Å². The molecule has 1 aromatic carbocycles. The number of anilines is 2. The number of thioether (sulfide) groups is 1. The van der Waals surface area contributed by atoms with E-state index >= 15 is 0 Å². The molecule has 0 saturated carbocycles. The van der Waals surface area contributed by atoms with E-state index in [9.17, 15) is 22.8 Å².